The second kappa shape index (κ2) is 22.9. The highest BCUT2D eigenvalue weighted by molar-refractivity contribution is 5.69. The number of fused-ring (bicyclic) bond motifs is 5. The van der Waals surface area contributed by atoms with E-state index in [1.165, 1.54) is 115 Å². The molecule has 0 aromatic rings. The molecule has 0 amide bonds. The molecule has 3 saturated carbocycles. The number of unbranched alkanes of at least 4 members (excludes halogenated alkanes) is 12. The van der Waals surface area contributed by atoms with Crippen LogP contribution in [0.25, 0.3) is 0 Å². The molecule has 0 aromatic heterocycles. The van der Waals surface area contributed by atoms with Gasteiger partial charge in [-0.15, -0.1) is 0 Å². The van der Waals surface area contributed by atoms with Crippen molar-refractivity contribution >= 4 is 5.97 Å². The van der Waals surface area contributed by atoms with Crippen molar-refractivity contribution in [2.24, 2.45) is 52.3 Å². The Bertz CT molecular complexity index is 1250. The number of hydrogen-bond donors (Lipinski definition) is 3. The Morgan fingerprint density at radius 1 is 0.793 bits per heavy atom. The van der Waals surface area contributed by atoms with Crippen LogP contribution < -0.4 is 0 Å². The van der Waals surface area contributed by atoms with E-state index in [1.807, 2.05) is 0 Å². The van der Waals surface area contributed by atoms with Crippen LogP contribution in [0.3, 0.4) is 0 Å². The molecule has 4 aliphatic carbocycles. The van der Waals surface area contributed by atoms with Crippen molar-refractivity contribution in [3.05, 3.63) is 11.6 Å². The molecule has 58 heavy (non-hydrogen) atoms. The number of aliphatic hydroxyl groups excluding tert-OH is 3. The first-order chi connectivity index (χ1) is 27.8. The van der Waals surface area contributed by atoms with Gasteiger partial charge >= 0.3 is 5.97 Å². The van der Waals surface area contributed by atoms with Crippen molar-refractivity contribution in [1.82, 2.24) is 0 Å². The third kappa shape index (κ3) is 11.9. The van der Waals surface area contributed by atoms with Crippen LogP contribution in [0, 0.1) is 52.3 Å². The molecule has 336 valence electrons. The van der Waals surface area contributed by atoms with Gasteiger partial charge in [0.25, 0.3) is 0 Å². The van der Waals surface area contributed by atoms with Gasteiger partial charge in [0.15, 0.2) is 6.29 Å². The zero-order valence-corrected chi connectivity index (χ0v) is 38.4. The summed E-state index contributed by atoms with van der Waals surface area (Å²) in [4.78, 5) is 12.6. The van der Waals surface area contributed by atoms with Gasteiger partial charge in [0.05, 0.1) is 6.10 Å². The first-order valence-corrected chi connectivity index (χ1v) is 25.0. The Kier molecular flexibility index (Phi) is 19.0. The van der Waals surface area contributed by atoms with Crippen LogP contribution in [0.5, 0.6) is 0 Å². The molecule has 7 nitrogen and oxygen atoms in total. The summed E-state index contributed by atoms with van der Waals surface area (Å²) in [5.74, 6) is 5.24. The van der Waals surface area contributed by atoms with Crippen LogP contribution >= 0.6 is 0 Å². The molecular weight excluding hydrogens is 725 g/mol. The highest BCUT2D eigenvalue weighted by Crippen LogP contribution is 2.67. The molecule has 14 atom stereocenters. The van der Waals surface area contributed by atoms with Gasteiger partial charge in [-0.25, -0.2) is 0 Å². The summed E-state index contributed by atoms with van der Waals surface area (Å²) >= 11 is 0. The Balaban J connectivity index is 1.04. The predicted molar refractivity (Wildman–Crippen MR) is 235 cm³/mol. The van der Waals surface area contributed by atoms with Gasteiger partial charge in [0.1, 0.15) is 31.0 Å². The Morgan fingerprint density at radius 3 is 2.09 bits per heavy atom. The zero-order chi connectivity index (χ0) is 41.9. The molecule has 3 N–H and O–H groups in total. The quantitative estimate of drug-likeness (QED) is 0.0506. The molecule has 0 radical (unpaired) electrons. The molecule has 5 aliphatic rings. The maximum Gasteiger partial charge on any atom is 0.305 e. The van der Waals surface area contributed by atoms with Crippen LogP contribution in [0.2, 0.25) is 0 Å². The van der Waals surface area contributed by atoms with E-state index in [-0.39, 0.29) is 24.1 Å². The summed E-state index contributed by atoms with van der Waals surface area (Å²) < 4.78 is 18.0. The number of hydrogen-bond acceptors (Lipinski definition) is 7. The highest BCUT2D eigenvalue weighted by atomic mass is 16.7. The van der Waals surface area contributed by atoms with Gasteiger partial charge in [0, 0.05) is 6.42 Å². The average Bonchev–Trinajstić information content (AvgIpc) is 3.56. The van der Waals surface area contributed by atoms with Gasteiger partial charge in [-0.2, -0.15) is 0 Å². The van der Waals surface area contributed by atoms with E-state index >= 15 is 0 Å². The number of rotatable bonds is 24. The minimum Gasteiger partial charge on any atom is -0.463 e. The lowest BCUT2D eigenvalue weighted by atomic mass is 9.47. The molecule has 1 heterocycles. The molecule has 5 rings (SSSR count). The highest BCUT2D eigenvalue weighted by Gasteiger charge is 2.59. The minimum absolute atomic E-state index is 0.139. The van der Waals surface area contributed by atoms with E-state index in [4.69, 9.17) is 14.2 Å². The lowest BCUT2D eigenvalue weighted by molar-refractivity contribution is -0.313. The number of carbonyl (C=O) groups excluding carboxylic acids is 1. The second-order valence-electron chi connectivity index (χ2n) is 21.1. The van der Waals surface area contributed by atoms with Gasteiger partial charge in [-0.3, -0.25) is 4.79 Å². The van der Waals surface area contributed by atoms with Crippen molar-refractivity contribution in [1.29, 1.82) is 0 Å². The predicted octanol–water partition coefficient (Wildman–Crippen LogP) is 11.9. The minimum atomic E-state index is -1.44. The third-order valence-corrected chi connectivity index (χ3v) is 17.2. The van der Waals surface area contributed by atoms with E-state index in [2.05, 4.69) is 54.5 Å². The fraction of sp³-hybridized carbons (Fsp3) is 0.941. The topological polar surface area (TPSA) is 105 Å². The Labute approximate surface area is 355 Å². The fourth-order valence-corrected chi connectivity index (χ4v) is 13.3. The molecule has 0 aromatic carbocycles. The molecular formula is C51H90O7. The van der Waals surface area contributed by atoms with Crippen molar-refractivity contribution in [3.8, 4) is 0 Å². The maximum absolute atomic E-state index is 12.6. The van der Waals surface area contributed by atoms with Crippen LogP contribution in [0.15, 0.2) is 11.6 Å². The number of allylic oxidation sites excluding steroid dienone is 1. The van der Waals surface area contributed by atoms with Crippen LogP contribution in [-0.4, -0.2) is 64.7 Å². The smallest absolute Gasteiger partial charge is 0.305 e. The molecule has 0 spiro atoms. The van der Waals surface area contributed by atoms with Gasteiger partial charge in [0.2, 0.25) is 0 Å². The standard InChI is InChI=1S/C51H90O7/c1-8-10-11-12-13-14-15-16-17-18-19-20-21-22-45(52)56-34-44-46(53)47(54)48(55)49(58-44)57-39-29-31-50(6)38(33-39)25-26-40-42-28-27-41(51(42,7)32-30-43(40)50)36(5)23-24-37(9-2)35(3)4/h25,35-37,39-44,46-49,53-55H,8-24,26-34H2,1-7H3/t36-,37-,39+,40+,41-,42+,43+,44?,46?,47?,48?,49?,50+,51-/m1/s1. The second-order valence-corrected chi connectivity index (χ2v) is 21.1. The summed E-state index contributed by atoms with van der Waals surface area (Å²) in [6, 6.07) is 0. The van der Waals surface area contributed by atoms with Crippen molar-refractivity contribution < 1.29 is 34.3 Å². The number of esters is 1. The lowest BCUT2D eigenvalue weighted by Gasteiger charge is -2.58. The summed E-state index contributed by atoms with van der Waals surface area (Å²) in [6.07, 6.45) is 26.1. The van der Waals surface area contributed by atoms with E-state index in [0.29, 0.717) is 17.8 Å². The summed E-state index contributed by atoms with van der Waals surface area (Å²) in [7, 11) is 0. The number of ether oxygens (including phenoxy) is 3. The van der Waals surface area contributed by atoms with E-state index in [9.17, 15) is 20.1 Å². The lowest BCUT2D eigenvalue weighted by Crippen LogP contribution is -2.60. The molecule has 7 heteroatoms. The fourth-order valence-electron chi connectivity index (χ4n) is 13.3. The molecule has 5 unspecified atom stereocenters. The summed E-state index contributed by atoms with van der Waals surface area (Å²) in [5.41, 5.74) is 2.13. The van der Waals surface area contributed by atoms with Crippen molar-refractivity contribution in [2.75, 3.05) is 6.61 Å². The monoisotopic (exact) mass is 815 g/mol. The average molecular weight is 815 g/mol. The Hall–Kier alpha value is -0.990. The summed E-state index contributed by atoms with van der Waals surface area (Å²) in [6.45, 7) is 17.0. The Morgan fingerprint density at radius 2 is 1.45 bits per heavy atom. The largest absolute Gasteiger partial charge is 0.463 e. The van der Waals surface area contributed by atoms with E-state index in [1.54, 1.807) is 0 Å². The van der Waals surface area contributed by atoms with Crippen LogP contribution in [-0.2, 0) is 19.0 Å². The van der Waals surface area contributed by atoms with Crippen molar-refractivity contribution in [3.63, 3.8) is 0 Å². The molecule has 1 aliphatic heterocycles. The SMILES string of the molecule is CCCCCCCCCCCCCCCC(=O)OCC1OC(O[C@H]2CC[C@@]3(C)C(=CC[C@H]4[C@@H]5CC[C@H]([C@H](C)CC[C@@H](CC)C(C)C)[C@@]5(C)CC[C@@H]43)C2)C(O)C(O)C1O. The normalized spacial score (nSPS) is 37.1. The van der Waals surface area contributed by atoms with Gasteiger partial charge < -0.3 is 29.5 Å². The van der Waals surface area contributed by atoms with Crippen LogP contribution in [0.1, 0.15) is 209 Å². The zero-order valence-electron chi connectivity index (χ0n) is 38.4. The first-order valence-electron chi connectivity index (χ1n) is 25.0. The third-order valence-electron chi connectivity index (χ3n) is 17.2. The van der Waals surface area contributed by atoms with Gasteiger partial charge in [-0.05, 0) is 116 Å². The number of carbonyl (C=O) groups is 1. The van der Waals surface area contributed by atoms with Gasteiger partial charge in [-0.1, -0.05) is 150 Å². The molecule has 0 bridgehead atoms. The molecule has 4 fully saturated rings. The van der Waals surface area contributed by atoms with Crippen LogP contribution in [0.4, 0.5) is 0 Å². The summed E-state index contributed by atoms with van der Waals surface area (Å²) in [5, 5.41) is 32.5. The molecule has 1 saturated heterocycles. The van der Waals surface area contributed by atoms with E-state index in [0.717, 1.165) is 80.5 Å². The maximum atomic E-state index is 12.6. The van der Waals surface area contributed by atoms with Crippen molar-refractivity contribution in [2.45, 2.75) is 246 Å². The van der Waals surface area contributed by atoms with E-state index < -0.39 is 30.7 Å². The number of aliphatic hydroxyl groups is 3. The first kappa shape index (κ1) is 48.0.